The molecule has 0 radical (unpaired) electrons. The van der Waals surface area contributed by atoms with Gasteiger partial charge in [0.2, 0.25) is 15.9 Å². The third kappa shape index (κ3) is 5.38. The monoisotopic (exact) mass is 389 g/mol. The third-order valence-corrected chi connectivity index (χ3v) is 5.01. The number of primary sulfonamides is 1. The SMILES string of the molecule is Cc1ccccc1C(=O)N[C@H](C(=O)Nc1ccc(S(N)(=O)=O)cc1)C(C)C. The van der Waals surface area contributed by atoms with Gasteiger partial charge in [0.15, 0.2) is 0 Å². The van der Waals surface area contributed by atoms with Crippen molar-refractivity contribution >= 4 is 27.5 Å². The molecule has 7 nitrogen and oxygen atoms in total. The van der Waals surface area contributed by atoms with Gasteiger partial charge < -0.3 is 10.6 Å². The first-order valence-corrected chi connectivity index (χ1v) is 9.94. The summed E-state index contributed by atoms with van der Waals surface area (Å²) >= 11 is 0. The molecule has 2 aromatic rings. The lowest BCUT2D eigenvalue weighted by Crippen LogP contribution is -2.47. The van der Waals surface area contributed by atoms with Gasteiger partial charge in [-0.05, 0) is 48.7 Å². The van der Waals surface area contributed by atoms with Crippen molar-refractivity contribution in [3.63, 3.8) is 0 Å². The molecule has 0 saturated heterocycles. The van der Waals surface area contributed by atoms with Crippen molar-refractivity contribution in [2.75, 3.05) is 5.32 Å². The number of carbonyl (C=O) groups excluding carboxylic acids is 2. The molecule has 0 aliphatic rings. The maximum atomic E-state index is 12.6. The van der Waals surface area contributed by atoms with E-state index in [1.165, 1.54) is 24.3 Å². The molecule has 1 atom stereocenters. The Bertz CT molecular complexity index is 938. The highest BCUT2D eigenvalue weighted by Gasteiger charge is 2.25. The molecule has 2 amide bonds. The molecule has 0 heterocycles. The number of anilines is 1. The highest BCUT2D eigenvalue weighted by molar-refractivity contribution is 7.89. The van der Waals surface area contributed by atoms with Crippen LogP contribution in [0.5, 0.6) is 0 Å². The van der Waals surface area contributed by atoms with E-state index >= 15 is 0 Å². The number of hydrogen-bond donors (Lipinski definition) is 3. The molecule has 2 rings (SSSR count). The van der Waals surface area contributed by atoms with Gasteiger partial charge in [0.1, 0.15) is 6.04 Å². The molecule has 0 aliphatic carbocycles. The van der Waals surface area contributed by atoms with Crippen molar-refractivity contribution in [2.45, 2.75) is 31.7 Å². The predicted molar refractivity (Wildman–Crippen MR) is 104 cm³/mol. The van der Waals surface area contributed by atoms with E-state index in [4.69, 9.17) is 5.14 Å². The van der Waals surface area contributed by atoms with E-state index in [9.17, 15) is 18.0 Å². The number of benzene rings is 2. The summed E-state index contributed by atoms with van der Waals surface area (Å²) in [6.45, 7) is 5.48. The zero-order valence-corrected chi connectivity index (χ0v) is 16.2. The molecule has 27 heavy (non-hydrogen) atoms. The summed E-state index contributed by atoms with van der Waals surface area (Å²) in [5, 5.41) is 10.5. The molecular weight excluding hydrogens is 366 g/mol. The number of sulfonamides is 1. The number of rotatable bonds is 6. The van der Waals surface area contributed by atoms with E-state index < -0.39 is 22.0 Å². The van der Waals surface area contributed by atoms with Crippen LogP contribution in [0.2, 0.25) is 0 Å². The molecule has 0 unspecified atom stereocenters. The van der Waals surface area contributed by atoms with Crippen molar-refractivity contribution in [1.29, 1.82) is 0 Å². The molecule has 0 saturated carbocycles. The van der Waals surface area contributed by atoms with E-state index in [2.05, 4.69) is 10.6 Å². The summed E-state index contributed by atoms with van der Waals surface area (Å²) in [7, 11) is -3.80. The summed E-state index contributed by atoms with van der Waals surface area (Å²) in [6.07, 6.45) is 0. The molecule has 0 aliphatic heterocycles. The smallest absolute Gasteiger partial charge is 0.252 e. The topological polar surface area (TPSA) is 118 Å². The number of aryl methyl sites for hydroxylation is 1. The van der Waals surface area contributed by atoms with Gasteiger partial charge in [0.25, 0.3) is 5.91 Å². The molecule has 8 heteroatoms. The highest BCUT2D eigenvalue weighted by atomic mass is 32.2. The van der Waals surface area contributed by atoms with Gasteiger partial charge in [0, 0.05) is 11.3 Å². The number of nitrogens with two attached hydrogens (primary N) is 1. The average Bonchev–Trinajstić information content (AvgIpc) is 2.59. The van der Waals surface area contributed by atoms with E-state index in [-0.39, 0.29) is 16.7 Å². The average molecular weight is 389 g/mol. The summed E-state index contributed by atoms with van der Waals surface area (Å²) < 4.78 is 22.6. The standard InChI is InChI=1S/C19H23N3O4S/c1-12(2)17(22-18(23)16-7-5-4-6-13(16)3)19(24)21-14-8-10-15(11-9-14)27(20,25)26/h4-12,17H,1-3H3,(H,21,24)(H,22,23)(H2,20,25,26)/t17-/m0/s1. The second-order valence-corrected chi connectivity index (χ2v) is 8.13. The van der Waals surface area contributed by atoms with E-state index in [0.29, 0.717) is 11.3 Å². The van der Waals surface area contributed by atoms with Gasteiger partial charge in [-0.3, -0.25) is 9.59 Å². The number of amides is 2. The summed E-state index contributed by atoms with van der Waals surface area (Å²) in [5.41, 5.74) is 1.73. The number of nitrogens with one attached hydrogen (secondary N) is 2. The number of carbonyl (C=O) groups is 2. The third-order valence-electron chi connectivity index (χ3n) is 4.08. The second kappa shape index (κ2) is 8.32. The molecule has 0 spiro atoms. The molecule has 4 N–H and O–H groups in total. The molecule has 0 aromatic heterocycles. The summed E-state index contributed by atoms with van der Waals surface area (Å²) in [4.78, 5) is 25.1. The second-order valence-electron chi connectivity index (χ2n) is 6.57. The van der Waals surface area contributed by atoms with E-state index in [1.54, 1.807) is 12.1 Å². The minimum Gasteiger partial charge on any atom is -0.340 e. The van der Waals surface area contributed by atoms with Gasteiger partial charge >= 0.3 is 0 Å². The van der Waals surface area contributed by atoms with Gasteiger partial charge in [-0.25, -0.2) is 13.6 Å². The maximum Gasteiger partial charge on any atom is 0.252 e. The lowest BCUT2D eigenvalue weighted by atomic mass is 10.0. The molecule has 2 aromatic carbocycles. The van der Waals surface area contributed by atoms with Crippen LogP contribution < -0.4 is 15.8 Å². The normalized spacial score (nSPS) is 12.5. The predicted octanol–water partition coefficient (Wildman–Crippen LogP) is 2.04. The van der Waals surface area contributed by atoms with Crippen molar-refractivity contribution in [1.82, 2.24) is 5.32 Å². The van der Waals surface area contributed by atoms with Crippen molar-refractivity contribution in [3.05, 3.63) is 59.7 Å². The van der Waals surface area contributed by atoms with E-state index in [0.717, 1.165) is 5.56 Å². The first kappa shape index (κ1) is 20.6. The fraction of sp³-hybridized carbons (Fsp3) is 0.263. The van der Waals surface area contributed by atoms with Crippen LogP contribution in [0.4, 0.5) is 5.69 Å². The summed E-state index contributed by atoms with van der Waals surface area (Å²) in [6, 6.07) is 11.9. The van der Waals surface area contributed by atoms with Crippen LogP contribution >= 0.6 is 0 Å². The minimum absolute atomic E-state index is 0.0474. The van der Waals surface area contributed by atoms with Crippen LogP contribution in [0.25, 0.3) is 0 Å². The quantitative estimate of drug-likeness (QED) is 0.700. The van der Waals surface area contributed by atoms with Crippen LogP contribution in [0, 0.1) is 12.8 Å². The van der Waals surface area contributed by atoms with Gasteiger partial charge in [-0.15, -0.1) is 0 Å². The van der Waals surface area contributed by atoms with Crippen molar-refractivity contribution in [2.24, 2.45) is 11.1 Å². The Kier molecular flexibility index (Phi) is 6.35. The Labute approximate surface area is 159 Å². The lowest BCUT2D eigenvalue weighted by Gasteiger charge is -2.22. The molecule has 0 fully saturated rings. The molecule has 144 valence electrons. The first-order chi connectivity index (χ1) is 12.6. The minimum atomic E-state index is -3.80. The fourth-order valence-corrected chi connectivity index (χ4v) is 3.05. The lowest BCUT2D eigenvalue weighted by molar-refractivity contribution is -0.118. The summed E-state index contributed by atoms with van der Waals surface area (Å²) in [5.74, 6) is -0.872. The Morgan fingerprint density at radius 3 is 2.11 bits per heavy atom. The highest BCUT2D eigenvalue weighted by Crippen LogP contribution is 2.15. The molecule has 0 bridgehead atoms. The van der Waals surface area contributed by atoms with E-state index in [1.807, 2.05) is 32.9 Å². The number of hydrogen-bond acceptors (Lipinski definition) is 4. The van der Waals surface area contributed by atoms with Crippen LogP contribution in [0.1, 0.15) is 29.8 Å². The van der Waals surface area contributed by atoms with Crippen molar-refractivity contribution < 1.29 is 18.0 Å². The van der Waals surface area contributed by atoms with Crippen LogP contribution in [0.3, 0.4) is 0 Å². The first-order valence-electron chi connectivity index (χ1n) is 8.40. The maximum absolute atomic E-state index is 12.6. The van der Waals surface area contributed by atoms with Crippen LogP contribution in [-0.2, 0) is 14.8 Å². The Morgan fingerprint density at radius 2 is 1.59 bits per heavy atom. The van der Waals surface area contributed by atoms with Gasteiger partial charge in [-0.1, -0.05) is 32.0 Å². The van der Waals surface area contributed by atoms with Crippen LogP contribution in [0.15, 0.2) is 53.4 Å². The van der Waals surface area contributed by atoms with Gasteiger partial charge in [-0.2, -0.15) is 0 Å². The Balaban J connectivity index is 2.13. The zero-order valence-electron chi connectivity index (χ0n) is 15.4. The molecular formula is C19H23N3O4S. The Hall–Kier alpha value is -2.71. The van der Waals surface area contributed by atoms with Gasteiger partial charge in [0.05, 0.1) is 4.90 Å². The zero-order chi connectivity index (χ0) is 20.2. The fourth-order valence-electron chi connectivity index (χ4n) is 2.53. The Morgan fingerprint density at radius 1 is 1.00 bits per heavy atom. The van der Waals surface area contributed by atoms with Crippen LogP contribution in [-0.4, -0.2) is 26.3 Å². The largest absolute Gasteiger partial charge is 0.340 e. The van der Waals surface area contributed by atoms with Crippen molar-refractivity contribution in [3.8, 4) is 0 Å².